The summed E-state index contributed by atoms with van der Waals surface area (Å²) in [6.45, 7) is 0. The summed E-state index contributed by atoms with van der Waals surface area (Å²) >= 11 is 5.45. The van der Waals surface area contributed by atoms with Gasteiger partial charge in [0, 0.05) is 5.56 Å². The van der Waals surface area contributed by atoms with Crippen LogP contribution in [0.15, 0.2) is 6.07 Å². The van der Waals surface area contributed by atoms with E-state index in [1.807, 2.05) is 0 Å². The maximum absolute atomic E-state index is 12.4. The lowest BCUT2D eigenvalue weighted by atomic mass is 10.1. The number of hydrogen-bond acceptors (Lipinski definition) is 3. The second kappa shape index (κ2) is 4.80. The number of nitriles is 1. The fourth-order valence-corrected chi connectivity index (χ4v) is 1.26. The van der Waals surface area contributed by atoms with Crippen LogP contribution in [0, 0.1) is 11.3 Å². The normalized spacial score (nSPS) is 10.1. The molecule has 0 fully saturated rings. The number of carbonyl (C=O) groups is 1. The van der Waals surface area contributed by atoms with E-state index in [1.54, 1.807) is 0 Å². The molecule has 0 spiro atoms. The van der Waals surface area contributed by atoms with E-state index in [0.29, 0.717) is 6.29 Å². The minimum atomic E-state index is -2.84. The summed E-state index contributed by atoms with van der Waals surface area (Å²) in [5.74, 6) is -0.105. The van der Waals surface area contributed by atoms with Crippen molar-refractivity contribution < 1.29 is 13.6 Å². The van der Waals surface area contributed by atoms with Crippen molar-refractivity contribution in [3.63, 3.8) is 0 Å². The number of rotatable bonds is 3. The zero-order chi connectivity index (χ0) is 11.4. The molecular weight excluding hydrogens is 226 g/mol. The van der Waals surface area contributed by atoms with Crippen LogP contribution in [-0.2, 0) is 5.88 Å². The van der Waals surface area contributed by atoms with Gasteiger partial charge in [-0.1, -0.05) is 0 Å². The Morgan fingerprint density at radius 2 is 2.33 bits per heavy atom. The number of nitrogens with zero attached hydrogens (tertiary/aromatic N) is 2. The highest BCUT2D eigenvalue weighted by Crippen LogP contribution is 2.23. The fraction of sp³-hybridized carbons (Fsp3) is 0.222. The lowest BCUT2D eigenvalue weighted by molar-refractivity contribution is 0.112. The van der Waals surface area contributed by atoms with Crippen LogP contribution in [0.5, 0.6) is 0 Å². The Morgan fingerprint density at radius 3 is 2.73 bits per heavy atom. The zero-order valence-corrected chi connectivity index (χ0v) is 8.13. The van der Waals surface area contributed by atoms with Gasteiger partial charge in [-0.2, -0.15) is 5.26 Å². The monoisotopic (exact) mass is 230 g/mol. The Morgan fingerprint density at radius 1 is 1.67 bits per heavy atom. The van der Waals surface area contributed by atoms with Gasteiger partial charge in [-0.15, -0.1) is 11.6 Å². The number of pyridine rings is 1. The van der Waals surface area contributed by atoms with Gasteiger partial charge >= 0.3 is 0 Å². The second-order valence-corrected chi connectivity index (χ2v) is 2.89. The van der Waals surface area contributed by atoms with Crippen molar-refractivity contribution >= 4 is 17.9 Å². The minimum absolute atomic E-state index is 0.0145. The van der Waals surface area contributed by atoms with Crippen LogP contribution in [0.25, 0.3) is 0 Å². The molecule has 1 aromatic heterocycles. The standard InChI is InChI=1S/C9H5ClF2N2O/c10-2-7-5(4-15)1-6(9(11)12)8(3-13)14-7/h1,4,9H,2H2. The quantitative estimate of drug-likeness (QED) is 0.592. The third-order valence-electron chi connectivity index (χ3n) is 1.76. The molecule has 0 bridgehead atoms. The van der Waals surface area contributed by atoms with Crippen LogP contribution >= 0.6 is 11.6 Å². The van der Waals surface area contributed by atoms with Crippen LogP contribution in [0.2, 0.25) is 0 Å². The number of hydrogen-bond donors (Lipinski definition) is 0. The minimum Gasteiger partial charge on any atom is -0.298 e. The van der Waals surface area contributed by atoms with Gasteiger partial charge in [-0.25, -0.2) is 13.8 Å². The van der Waals surface area contributed by atoms with Crippen molar-refractivity contribution in [2.75, 3.05) is 0 Å². The molecule has 1 heterocycles. The number of alkyl halides is 3. The predicted molar refractivity (Wildman–Crippen MR) is 48.9 cm³/mol. The van der Waals surface area contributed by atoms with Crippen molar-refractivity contribution in [2.45, 2.75) is 12.3 Å². The first kappa shape index (κ1) is 11.5. The number of halogens is 3. The van der Waals surface area contributed by atoms with Gasteiger partial charge in [0.25, 0.3) is 6.43 Å². The van der Waals surface area contributed by atoms with E-state index >= 15 is 0 Å². The zero-order valence-electron chi connectivity index (χ0n) is 7.38. The molecule has 0 N–H and O–H groups in total. The second-order valence-electron chi connectivity index (χ2n) is 2.63. The Hall–Kier alpha value is -1.54. The number of aromatic nitrogens is 1. The van der Waals surface area contributed by atoms with Gasteiger partial charge in [0.05, 0.1) is 17.1 Å². The average Bonchev–Trinajstić information content (AvgIpc) is 2.26. The highest BCUT2D eigenvalue weighted by molar-refractivity contribution is 6.17. The van der Waals surface area contributed by atoms with Gasteiger partial charge in [0.2, 0.25) is 0 Å². The molecule has 0 aliphatic heterocycles. The van der Waals surface area contributed by atoms with E-state index in [0.717, 1.165) is 6.07 Å². The van der Waals surface area contributed by atoms with Crippen LogP contribution in [0.4, 0.5) is 8.78 Å². The molecule has 1 rings (SSSR count). The largest absolute Gasteiger partial charge is 0.298 e. The molecule has 0 aliphatic carbocycles. The van der Waals surface area contributed by atoms with Crippen molar-refractivity contribution in [3.05, 3.63) is 28.6 Å². The lowest BCUT2D eigenvalue weighted by Crippen LogP contribution is -2.02. The van der Waals surface area contributed by atoms with Crippen LogP contribution in [0.3, 0.4) is 0 Å². The predicted octanol–water partition coefficient (Wildman–Crippen LogP) is 2.44. The maximum atomic E-state index is 12.4. The molecule has 0 saturated carbocycles. The maximum Gasteiger partial charge on any atom is 0.266 e. The molecule has 6 heteroatoms. The highest BCUT2D eigenvalue weighted by Gasteiger charge is 2.17. The number of carbonyl (C=O) groups excluding carboxylic acids is 1. The van der Waals surface area contributed by atoms with E-state index in [2.05, 4.69) is 4.98 Å². The smallest absolute Gasteiger partial charge is 0.266 e. The molecule has 0 unspecified atom stereocenters. The summed E-state index contributed by atoms with van der Waals surface area (Å²) in [5.41, 5.74) is -0.827. The summed E-state index contributed by atoms with van der Waals surface area (Å²) in [7, 11) is 0. The topological polar surface area (TPSA) is 53.8 Å². The first-order valence-corrected chi connectivity index (χ1v) is 4.40. The SMILES string of the molecule is N#Cc1nc(CCl)c(C=O)cc1C(F)F. The Bertz CT molecular complexity index is 429. The molecular formula is C9H5ClF2N2O. The fourth-order valence-electron chi connectivity index (χ4n) is 1.05. The van der Waals surface area contributed by atoms with Gasteiger partial charge in [0.1, 0.15) is 11.8 Å². The highest BCUT2D eigenvalue weighted by atomic mass is 35.5. The van der Waals surface area contributed by atoms with E-state index < -0.39 is 17.7 Å². The molecule has 0 aliphatic rings. The summed E-state index contributed by atoms with van der Waals surface area (Å²) in [4.78, 5) is 14.1. The Labute approximate surface area is 89.3 Å². The first-order valence-electron chi connectivity index (χ1n) is 3.87. The van der Waals surface area contributed by atoms with Crippen molar-refractivity contribution in [1.29, 1.82) is 5.26 Å². The van der Waals surface area contributed by atoms with Crippen molar-refractivity contribution in [1.82, 2.24) is 4.98 Å². The summed E-state index contributed by atoms with van der Waals surface area (Å²) in [6, 6.07) is 2.48. The molecule has 1 aromatic rings. The van der Waals surface area contributed by atoms with E-state index in [9.17, 15) is 13.6 Å². The summed E-state index contributed by atoms with van der Waals surface area (Å²) in [5, 5.41) is 8.57. The molecule has 0 saturated heterocycles. The Balaban J connectivity index is 3.42. The Kier molecular flexibility index (Phi) is 3.69. The molecule has 15 heavy (non-hydrogen) atoms. The van der Waals surface area contributed by atoms with E-state index in [-0.39, 0.29) is 17.1 Å². The molecule has 78 valence electrons. The molecule has 0 amide bonds. The third kappa shape index (κ3) is 2.28. The van der Waals surface area contributed by atoms with E-state index in [1.165, 1.54) is 6.07 Å². The molecule has 0 radical (unpaired) electrons. The third-order valence-corrected chi connectivity index (χ3v) is 2.01. The van der Waals surface area contributed by atoms with Crippen LogP contribution in [0.1, 0.15) is 33.7 Å². The van der Waals surface area contributed by atoms with E-state index in [4.69, 9.17) is 16.9 Å². The molecule has 0 atom stereocenters. The summed E-state index contributed by atoms with van der Waals surface area (Å²) in [6.07, 6.45) is -2.45. The van der Waals surface area contributed by atoms with Gasteiger partial charge in [-0.05, 0) is 6.07 Å². The van der Waals surface area contributed by atoms with Crippen LogP contribution < -0.4 is 0 Å². The van der Waals surface area contributed by atoms with Gasteiger partial charge in [-0.3, -0.25) is 4.79 Å². The first-order chi connectivity index (χ1) is 7.13. The van der Waals surface area contributed by atoms with Crippen LogP contribution in [-0.4, -0.2) is 11.3 Å². The molecule has 3 nitrogen and oxygen atoms in total. The van der Waals surface area contributed by atoms with Crippen molar-refractivity contribution in [2.24, 2.45) is 0 Å². The number of aldehydes is 1. The van der Waals surface area contributed by atoms with Crippen molar-refractivity contribution in [3.8, 4) is 6.07 Å². The average molecular weight is 231 g/mol. The molecule has 0 aromatic carbocycles. The van der Waals surface area contributed by atoms with Gasteiger partial charge < -0.3 is 0 Å². The lowest BCUT2D eigenvalue weighted by Gasteiger charge is -2.06. The summed E-state index contributed by atoms with van der Waals surface area (Å²) < 4.78 is 24.9. The van der Waals surface area contributed by atoms with Gasteiger partial charge in [0.15, 0.2) is 6.29 Å².